The van der Waals surface area contributed by atoms with Crippen molar-refractivity contribution in [2.24, 2.45) is 5.41 Å². The highest BCUT2D eigenvalue weighted by molar-refractivity contribution is 5.97. The van der Waals surface area contributed by atoms with Crippen LogP contribution in [0.1, 0.15) is 38.2 Å². The number of Topliss-reactive ketones (excluding diaryl/α,β-unsaturated/α-hetero) is 1. The average Bonchev–Trinajstić information content (AvgIpc) is 3.19. The Morgan fingerprint density at radius 3 is 2.54 bits per heavy atom. The molecule has 4 heteroatoms. The fourth-order valence-corrected chi connectivity index (χ4v) is 4.51. The number of carbonyl (C=O) groups is 1. The zero-order valence-corrected chi connectivity index (χ0v) is 14.2. The van der Waals surface area contributed by atoms with E-state index in [1.807, 2.05) is 30.3 Å². The number of ketones is 1. The van der Waals surface area contributed by atoms with Crippen molar-refractivity contribution in [3.05, 3.63) is 47.0 Å². The molecule has 1 unspecified atom stereocenters. The van der Waals surface area contributed by atoms with E-state index in [0.29, 0.717) is 32.8 Å². The Balaban J connectivity index is 1.54. The second kappa shape index (κ2) is 6.10. The molecule has 128 valence electrons. The molecule has 0 N–H and O–H groups in total. The molecular weight excluding hydrogens is 304 g/mol. The highest BCUT2D eigenvalue weighted by Crippen LogP contribution is 2.59. The summed E-state index contributed by atoms with van der Waals surface area (Å²) in [6, 6.07) is 10.1. The Kier molecular flexibility index (Phi) is 4.07. The van der Waals surface area contributed by atoms with Crippen LogP contribution in [0.4, 0.5) is 0 Å². The number of benzene rings is 1. The molecule has 1 saturated carbocycles. The summed E-state index contributed by atoms with van der Waals surface area (Å²) in [5.41, 5.74) is 2.99. The molecule has 4 nitrogen and oxygen atoms in total. The van der Waals surface area contributed by atoms with Gasteiger partial charge in [0.1, 0.15) is 0 Å². The van der Waals surface area contributed by atoms with Crippen LogP contribution in [0.15, 0.2) is 41.5 Å². The zero-order valence-electron chi connectivity index (χ0n) is 14.2. The quantitative estimate of drug-likeness (QED) is 0.850. The third-order valence-electron chi connectivity index (χ3n) is 5.88. The molecule has 0 aromatic heterocycles. The Hall–Kier alpha value is -1.49. The van der Waals surface area contributed by atoms with Crippen LogP contribution in [0.3, 0.4) is 0 Å². The fourth-order valence-electron chi connectivity index (χ4n) is 4.51. The Labute approximate surface area is 142 Å². The van der Waals surface area contributed by atoms with Crippen molar-refractivity contribution >= 4 is 5.78 Å². The molecule has 3 aliphatic rings. The summed E-state index contributed by atoms with van der Waals surface area (Å²) in [6.45, 7) is 4.41. The molecule has 1 aliphatic heterocycles. The summed E-state index contributed by atoms with van der Waals surface area (Å²) < 4.78 is 17.9. The van der Waals surface area contributed by atoms with E-state index in [4.69, 9.17) is 14.2 Å². The minimum Gasteiger partial charge on any atom is -0.372 e. The maximum absolute atomic E-state index is 12.5. The zero-order chi connectivity index (χ0) is 16.6. The fraction of sp³-hybridized carbons (Fsp3) is 0.550. The van der Waals surface area contributed by atoms with E-state index in [-0.39, 0.29) is 11.2 Å². The average molecular weight is 328 g/mol. The summed E-state index contributed by atoms with van der Waals surface area (Å²) in [6.07, 6.45) is 3.07. The van der Waals surface area contributed by atoms with Crippen molar-refractivity contribution in [1.82, 2.24) is 0 Å². The van der Waals surface area contributed by atoms with Crippen molar-refractivity contribution in [1.29, 1.82) is 0 Å². The molecule has 24 heavy (non-hydrogen) atoms. The van der Waals surface area contributed by atoms with Gasteiger partial charge in [0.15, 0.2) is 11.6 Å². The van der Waals surface area contributed by atoms with Gasteiger partial charge >= 0.3 is 0 Å². The standard InChI is InChI=1S/C20H24O4/c1-19-9-8-18(21)16(14-22-13-15-5-3-2-4-6-15)17(19)7-10-20(19)23-11-12-24-20/h2-6H,7-14H2,1H3. The predicted octanol–water partition coefficient (Wildman–Crippen LogP) is 3.41. The minimum absolute atomic E-state index is 0.192. The molecule has 0 amide bonds. The number of hydrogen-bond acceptors (Lipinski definition) is 4. The van der Waals surface area contributed by atoms with E-state index in [1.54, 1.807) is 0 Å². The maximum Gasteiger partial charge on any atom is 0.177 e. The highest BCUT2D eigenvalue weighted by Gasteiger charge is 2.60. The second-order valence-corrected chi connectivity index (χ2v) is 7.14. The molecule has 1 aromatic carbocycles. The van der Waals surface area contributed by atoms with Gasteiger partial charge in [-0.05, 0) is 24.0 Å². The van der Waals surface area contributed by atoms with E-state index in [0.717, 1.165) is 30.4 Å². The lowest BCUT2D eigenvalue weighted by molar-refractivity contribution is -0.211. The first-order chi connectivity index (χ1) is 11.6. The molecule has 1 aromatic rings. The van der Waals surface area contributed by atoms with Gasteiger partial charge in [-0.1, -0.05) is 37.3 Å². The molecule has 1 spiro atoms. The molecule has 1 saturated heterocycles. The van der Waals surface area contributed by atoms with E-state index in [1.165, 1.54) is 5.57 Å². The minimum atomic E-state index is -0.520. The molecule has 2 aliphatic carbocycles. The van der Waals surface area contributed by atoms with Crippen LogP contribution in [0.2, 0.25) is 0 Å². The van der Waals surface area contributed by atoms with Gasteiger partial charge in [-0.2, -0.15) is 0 Å². The van der Waals surface area contributed by atoms with E-state index in [2.05, 4.69) is 6.92 Å². The lowest BCUT2D eigenvalue weighted by atomic mass is 9.70. The van der Waals surface area contributed by atoms with Crippen LogP contribution >= 0.6 is 0 Å². The molecular formula is C20H24O4. The topological polar surface area (TPSA) is 44.8 Å². The Bertz CT molecular complexity index is 657. The van der Waals surface area contributed by atoms with Crippen molar-refractivity contribution in [2.45, 2.75) is 45.0 Å². The second-order valence-electron chi connectivity index (χ2n) is 7.14. The molecule has 0 radical (unpaired) electrons. The van der Waals surface area contributed by atoms with Gasteiger partial charge < -0.3 is 14.2 Å². The van der Waals surface area contributed by atoms with E-state index < -0.39 is 5.79 Å². The summed E-state index contributed by atoms with van der Waals surface area (Å²) in [7, 11) is 0. The normalized spacial score (nSPS) is 28.6. The summed E-state index contributed by atoms with van der Waals surface area (Å²) in [5, 5.41) is 0. The number of hydrogen-bond donors (Lipinski definition) is 0. The first-order valence-corrected chi connectivity index (χ1v) is 8.80. The van der Waals surface area contributed by atoms with Crippen molar-refractivity contribution in [2.75, 3.05) is 19.8 Å². The van der Waals surface area contributed by atoms with Crippen LogP contribution in [-0.4, -0.2) is 31.4 Å². The van der Waals surface area contributed by atoms with Gasteiger partial charge in [-0.25, -0.2) is 0 Å². The van der Waals surface area contributed by atoms with Crippen LogP contribution in [0.25, 0.3) is 0 Å². The SMILES string of the molecule is CC12CCC(=O)C(COCc3ccccc3)=C1CCC21OCCO1. The first kappa shape index (κ1) is 16.0. The third-order valence-corrected chi connectivity index (χ3v) is 5.88. The molecule has 2 fully saturated rings. The van der Waals surface area contributed by atoms with Crippen molar-refractivity contribution in [3.63, 3.8) is 0 Å². The number of ether oxygens (including phenoxy) is 3. The van der Waals surface area contributed by atoms with Crippen LogP contribution in [0, 0.1) is 5.41 Å². The summed E-state index contributed by atoms with van der Waals surface area (Å²) in [4.78, 5) is 12.5. The molecule has 0 bridgehead atoms. The van der Waals surface area contributed by atoms with Gasteiger partial charge in [0.2, 0.25) is 0 Å². The van der Waals surface area contributed by atoms with Crippen molar-refractivity contribution < 1.29 is 19.0 Å². The van der Waals surface area contributed by atoms with Crippen LogP contribution in [0.5, 0.6) is 0 Å². The summed E-state index contributed by atoms with van der Waals surface area (Å²) >= 11 is 0. The van der Waals surface area contributed by atoms with Gasteiger partial charge in [-0.15, -0.1) is 0 Å². The molecule has 1 atom stereocenters. The van der Waals surface area contributed by atoms with E-state index >= 15 is 0 Å². The smallest absolute Gasteiger partial charge is 0.177 e. The maximum atomic E-state index is 12.5. The van der Waals surface area contributed by atoms with Crippen LogP contribution in [-0.2, 0) is 25.6 Å². The molecule has 1 heterocycles. The summed E-state index contributed by atoms with van der Waals surface area (Å²) in [5.74, 6) is -0.293. The highest BCUT2D eigenvalue weighted by atomic mass is 16.7. The van der Waals surface area contributed by atoms with Gasteiger partial charge in [0, 0.05) is 23.8 Å². The Morgan fingerprint density at radius 1 is 1.04 bits per heavy atom. The Morgan fingerprint density at radius 2 is 1.79 bits per heavy atom. The van der Waals surface area contributed by atoms with Crippen LogP contribution < -0.4 is 0 Å². The molecule has 4 rings (SSSR count). The van der Waals surface area contributed by atoms with Crippen molar-refractivity contribution in [3.8, 4) is 0 Å². The number of rotatable bonds is 4. The lowest BCUT2D eigenvalue weighted by Crippen LogP contribution is -2.46. The first-order valence-electron chi connectivity index (χ1n) is 8.80. The predicted molar refractivity (Wildman–Crippen MR) is 89.3 cm³/mol. The van der Waals surface area contributed by atoms with Gasteiger partial charge in [0.05, 0.1) is 26.4 Å². The third kappa shape index (κ3) is 2.44. The lowest BCUT2D eigenvalue weighted by Gasteiger charge is -2.42. The number of carbonyl (C=O) groups excluding carboxylic acids is 1. The number of fused-ring (bicyclic) bond motifs is 2. The largest absolute Gasteiger partial charge is 0.372 e. The van der Waals surface area contributed by atoms with Gasteiger partial charge in [0.25, 0.3) is 0 Å². The monoisotopic (exact) mass is 328 g/mol. The van der Waals surface area contributed by atoms with E-state index in [9.17, 15) is 4.79 Å². The van der Waals surface area contributed by atoms with Gasteiger partial charge in [-0.3, -0.25) is 4.79 Å².